The molecule has 0 saturated heterocycles. The van der Waals surface area contributed by atoms with E-state index in [4.69, 9.17) is 0 Å². The number of para-hydroxylation sites is 1. The molecule has 7 heteroatoms. The van der Waals surface area contributed by atoms with E-state index in [1.807, 2.05) is 23.1 Å². The lowest BCUT2D eigenvalue weighted by Gasteiger charge is -2.36. The number of nitrogens with one attached hydrogen (secondary N) is 2. The van der Waals surface area contributed by atoms with Crippen molar-refractivity contribution in [2.75, 3.05) is 23.3 Å². The van der Waals surface area contributed by atoms with Gasteiger partial charge in [-0.05, 0) is 43.5 Å². The van der Waals surface area contributed by atoms with E-state index < -0.39 is 17.5 Å². The number of nitrogens with zero attached hydrogens (tertiary/aromatic N) is 1. The molecule has 3 rings (SSSR count). The second-order valence-electron chi connectivity index (χ2n) is 6.60. The van der Waals surface area contributed by atoms with Gasteiger partial charge in [-0.2, -0.15) is 0 Å². The standard InChI is InChI=1S/C20H21F2N3O2/c1-13-6-7-14-4-2-3-5-18(14)25(13)12-20(27)23-11-19(26)24-15-8-9-16(21)17(22)10-15/h2-5,8-10,13H,6-7,11-12H2,1H3,(H,23,27)(H,24,26)/t13-/m1/s1. The number of amides is 2. The summed E-state index contributed by atoms with van der Waals surface area (Å²) in [7, 11) is 0. The Hall–Kier alpha value is -2.96. The third-order valence-electron chi connectivity index (χ3n) is 4.63. The third kappa shape index (κ3) is 4.61. The van der Waals surface area contributed by atoms with Crippen LogP contribution in [-0.4, -0.2) is 30.9 Å². The highest BCUT2D eigenvalue weighted by Crippen LogP contribution is 2.29. The Labute approximate surface area is 156 Å². The number of carbonyl (C=O) groups excluding carboxylic acids is 2. The summed E-state index contributed by atoms with van der Waals surface area (Å²) in [5.41, 5.74) is 2.38. The van der Waals surface area contributed by atoms with Gasteiger partial charge < -0.3 is 15.5 Å². The zero-order valence-electron chi connectivity index (χ0n) is 15.0. The van der Waals surface area contributed by atoms with E-state index in [0.717, 1.165) is 30.7 Å². The average Bonchev–Trinajstić information content (AvgIpc) is 2.65. The van der Waals surface area contributed by atoms with Gasteiger partial charge in [0.1, 0.15) is 0 Å². The molecule has 0 aliphatic carbocycles. The smallest absolute Gasteiger partial charge is 0.243 e. The van der Waals surface area contributed by atoms with Crippen LogP contribution in [0.2, 0.25) is 0 Å². The number of fused-ring (bicyclic) bond motifs is 1. The number of hydrogen-bond acceptors (Lipinski definition) is 3. The number of rotatable bonds is 5. The molecule has 2 aromatic rings. The largest absolute Gasteiger partial charge is 0.359 e. The van der Waals surface area contributed by atoms with Crippen molar-refractivity contribution < 1.29 is 18.4 Å². The van der Waals surface area contributed by atoms with Crippen molar-refractivity contribution in [1.82, 2.24) is 5.32 Å². The predicted molar refractivity (Wildman–Crippen MR) is 99.6 cm³/mol. The molecule has 142 valence electrons. The lowest BCUT2D eigenvalue weighted by molar-refractivity contribution is -0.123. The monoisotopic (exact) mass is 373 g/mol. The summed E-state index contributed by atoms with van der Waals surface area (Å²) < 4.78 is 26.1. The van der Waals surface area contributed by atoms with Crippen LogP contribution in [0.15, 0.2) is 42.5 Å². The quantitative estimate of drug-likeness (QED) is 0.847. The van der Waals surface area contributed by atoms with Gasteiger partial charge in [0.05, 0.1) is 13.1 Å². The zero-order chi connectivity index (χ0) is 19.4. The highest BCUT2D eigenvalue weighted by molar-refractivity contribution is 5.95. The Balaban J connectivity index is 1.53. The molecule has 2 N–H and O–H groups in total. The van der Waals surface area contributed by atoms with Crippen LogP contribution in [0.5, 0.6) is 0 Å². The summed E-state index contributed by atoms with van der Waals surface area (Å²) in [4.78, 5) is 26.2. The van der Waals surface area contributed by atoms with Gasteiger partial charge in [-0.3, -0.25) is 9.59 Å². The van der Waals surface area contributed by atoms with Gasteiger partial charge in [0.25, 0.3) is 0 Å². The van der Waals surface area contributed by atoms with Crippen molar-refractivity contribution in [3.8, 4) is 0 Å². The van der Waals surface area contributed by atoms with Crippen LogP contribution in [0.3, 0.4) is 0 Å². The Morgan fingerprint density at radius 2 is 1.89 bits per heavy atom. The number of halogens is 2. The van der Waals surface area contributed by atoms with Crippen LogP contribution >= 0.6 is 0 Å². The molecular formula is C20H21F2N3O2. The molecule has 2 amide bonds. The fourth-order valence-corrected chi connectivity index (χ4v) is 3.17. The first-order valence-electron chi connectivity index (χ1n) is 8.80. The summed E-state index contributed by atoms with van der Waals surface area (Å²) in [5.74, 6) is -2.83. The second-order valence-corrected chi connectivity index (χ2v) is 6.60. The Morgan fingerprint density at radius 1 is 1.11 bits per heavy atom. The molecule has 0 saturated carbocycles. The van der Waals surface area contributed by atoms with Gasteiger partial charge in [-0.15, -0.1) is 0 Å². The Morgan fingerprint density at radius 3 is 2.67 bits per heavy atom. The van der Waals surface area contributed by atoms with Gasteiger partial charge >= 0.3 is 0 Å². The number of hydrogen-bond donors (Lipinski definition) is 2. The van der Waals surface area contributed by atoms with Crippen molar-refractivity contribution in [2.45, 2.75) is 25.8 Å². The molecule has 1 aliphatic rings. The van der Waals surface area contributed by atoms with Crippen molar-refractivity contribution in [3.05, 3.63) is 59.7 Å². The lowest BCUT2D eigenvalue weighted by Crippen LogP contribution is -2.45. The Bertz CT molecular complexity index is 857. The minimum Gasteiger partial charge on any atom is -0.359 e. The summed E-state index contributed by atoms with van der Waals surface area (Å²) >= 11 is 0. The van der Waals surface area contributed by atoms with Gasteiger partial charge in [-0.25, -0.2) is 8.78 Å². The van der Waals surface area contributed by atoms with E-state index in [9.17, 15) is 18.4 Å². The summed E-state index contributed by atoms with van der Waals surface area (Å²) in [6.07, 6.45) is 1.94. The van der Waals surface area contributed by atoms with Gasteiger partial charge in [0.15, 0.2) is 11.6 Å². The highest BCUT2D eigenvalue weighted by Gasteiger charge is 2.24. The lowest BCUT2D eigenvalue weighted by atomic mass is 9.97. The van der Waals surface area contributed by atoms with Crippen LogP contribution in [0.1, 0.15) is 18.9 Å². The topological polar surface area (TPSA) is 61.4 Å². The first-order valence-corrected chi connectivity index (χ1v) is 8.80. The van der Waals surface area contributed by atoms with Crippen LogP contribution in [-0.2, 0) is 16.0 Å². The van der Waals surface area contributed by atoms with E-state index in [1.54, 1.807) is 0 Å². The molecule has 0 aromatic heterocycles. The number of anilines is 2. The van der Waals surface area contributed by atoms with Gasteiger partial charge in [-0.1, -0.05) is 18.2 Å². The van der Waals surface area contributed by atoms with Crippen LogP contribution in [0, 0.1) is 11.6 Å². The van der Waals surface area contributed by atoms with E-state index in [2.05, 4.69) is 23.6 Å². The van der Waals surface area contributed by atoms with E-state index in [-0.39, 0.29) is 30.7 Å². The molecule has 1 heterocycles. The minimum atomic E-state index is -1.05. The van der Waals surface area contributed by atoms with Crippen LogP contribution in [0.4, 0.5) is 20.2 Å². The SMILES string of the molecule is C[C@@H]1CCc2ccccc2N1CC(=O)NCC(=O)Nc1ccc(F)c(F)c1. The fourth-order valence-electron chi connectivity index (χ4n) is 3.17. The molecule has 27 heavy (non-hydrogen) atoms. The Kier molecular flexibility index (Phi) is 5.69. The van der Waals surface area contributed by atoms with Crippen LogP contribution in [0.25, 0.3) is 0 Å². The third-order valence-corrected chi connectivity index (χ3v) is 4.63. The van der Waals surface area contributed by atoms with Gasteiger partial charge in [0.2, 0.25) is 11.8 Å². The van der Waals surface area contributed by atoms with Crippen molar-refractivity contribution in [3.63, 3.8) is 0 Å². The molecule has 5 nitrogen and oxygen atoms in total. The predicted octanol–water partition coefficient (Wildman–Crippen LogP) is 2.86. The summed E-state index contributed by atoms with van der Waals surface area (Å²) in [5, 5.41) is 4.99. The van der Waals surface area contributed by atoms with Crippen molar-refractivity contribution in [2.24, 2.45) is 0 Å². The maximum absolute atomic E-state index is 13.2. The molecule has 2 aromatic carbocycles. The normalized spacial score (nSPS) is 15.8. The maximum atomic E-state index is 13.2. The minimum absolute atomic E-state index is 0.131. The molecule has 1 atom stereocenters. The molecule has 0 spiro atoms. The van der Waals surface area contributed by atoms with E-state index >= 15 is 0 Å². The first-order chi connectivity index (χ1) is 12.9. The van der Waals surface area contributed by atoms with Crippen LogP contribution < -0.4 is 15.5 Å². The maximum Gasteiger partial charge on any atom is 0.243 e. The first kappa shape index (κ1) is 18.8. The van der Waals surface area contributed by atoms with E-state index in [1.165, 1.54) is 11.6 Å². The molecule has 0 radical (unpaired) electrons. The fraction of sp³-hybridized carbons (Fsp3) is 0.300. The van der Waals surface area contributed by atoms with Crippen molar-refractivity contribution in [1.29, 1.82) is 0 Å². The van der Waals surface area contributed by atoms with E-state index in [0.29, 0.717) is 0 Å². The zero-order valence-corrected chi connectivity index (χ0v) is 15.0. The molecule has 1 aliphatic heterocycles. The second kappa shape index (κ2) is 8.16. The average molecular weight is 373 g/mol. The molecule has 0 unspecified atom stereocenters. The number of carbonyl (C=O) groups is 2. The molecular weight excluding hydrogens is 352 g/mol. The number of aryl methyl sites for hydroxylation is 1. The van der Waals surface area contributed by atoms with Gasteiger partial charge in [0, 0.05) is 23.5 Å². The number of benzene rings is 2. The highest BCUT2D eigenvalue weighted by atomic mass is 19.2. The molecule has 0 bridgehead atoms. The summed E-state index contributed by atoms with van der Waals surface area (Å²) in [6, 6.07) is 11.3. The summed E-state index contributed by atoms with van der Waals surface area (Å²) in [6.45, 7) is 1.97. The molecule has 0 fully saturated rings. The van der Waals surface area contributed by atoms with Crippen molar-refractivity contribution >= 4 is 23.2 Å².